The minimum atomic E-state index is -0.160. The van der Waals surface area contributed by atoms with Crippen molar-refractivity contribution in [1.29, 1.82) is 0 Å². The second kappa shape index (κ2) is 9.68. The van der Waals surface area contributed by atoms with Crippen molar-refractivity contribution in [2.45, 2.75) is 5.16 Å². The van der Waals surface area contributed by atoms with Crippen LogP contribution in [0.4, 0.5) is 0 Å². The van der Waals surface area contributed by atoms with Gasteiger partial charge in [0, 0.05) is 10.6 Å². The Labute approximate surface area is 176 Å². The van der Waals surface area contributed by atoms with Crippen molar-refractivity contribution in [3.63, 3.8) is 0 Å². The summed E-state index contributed by atoms with van der Waals surface area (Å²) in [4.78, 5) is 12.0. The quantitative estimate of drug-likeness (QED) is 0.319. The van der Waals surface area contributed by atoms with Crippen molar-refractivity contribution in [1.82, 2.24) is 20.2 Å². The first-order chi connectivity index (χ1) is 13.5. The largest absolute Gasteiger partial charge is 0.492 e. The molecule has 3 rings (SSSR count). The normalized spacial score (nSPS) is 10.6. The smallest absolute Gasteiger partial charge is 0.230 e. The summed E-state index contributed by atoms with van der Waals surface area (Å²) in [5.74, 6) is 7.15. The van der Waals surface area contributed by atoms with Crippen LogP contribution >= 0.6 is 35.0 Å². The third kappa shape index (κ3) is 5.31. The zero-order chi connectivity index (χ0) is 19.9. The Hall–Kier alpha value is -2.42. The number of hydrogen-bond acceptors (Lipinski definition) is 6. The Balaban J connectivity index is 1.49. The van der Waals surface area contributed by atoms with Gasteiger partial charge in [0.2, 0.25) is 11.1 Å². The number of rotatable bonds is 8. The molecule has 1 amide bonds. The van der Waals surface area contributed by atoms with Gasteiger partial charge in [-0.2, -0.15) is 0 Å². The number of carbonyl (C=O) groups is 1. The Kier molecular flexibility index (Phi) is 7.02. The standard InChI is InChI=1S/C18H17Cl2N5O2S/c19-12-6-7-15(20)14(10-12)17-23-24-18(25(17)21)28-11-16(26)22-8-9-27-13-4-2-1-3-5-13/h1-7,10H,8-9,11,21H2,(H,22,26). The molecule has 0 aliphatic carbocycles. The zero-order valence-electron chi connectivity index (χ0n) is 14.6. The van der Waals surface area contributed by atoms with E-state index in [0.29, 0.717) is 39.7 Å². The molecular formula is C18H17Cl2N5O2S. The molecule has 2 aromatic carbocycles. The number of aromatic nitrogens is 3. The molecule has 0 spiro atoms. The van der Waals surface area contributed by atoms with Crippen LogP contribution in [0.2, 0.25) is 10.0 Å². The molecule has 0 aliphatic heterocycles. The predicted molar refractivity (Wildman–Crippen MR) is 111 cm³/mol. The molecule has 3 N–H and O–H groups in total. The maximum Gasteiger partial charge on any atom is 0.230 e. The van der Waals surface area contributed by atoms with Crippen LogP contribution in [0.15, 0.2) is 53.7 Å². The summed E-state index contributed by atoms with van der Waals surface area (Å²) in [6.45, 7) is 0.776. The fourth-order valence-corrected chi connectivity index (χ4v) is 3.35. The van der Waals surface area contributed by atoms with Crippen LogP contribution in [0.25, 0.3) is 11.4 Å². The molecule has 1 aromatic heterocycles. The van der Waals surface area contributed by atoms with Gasteiger partial charge in [0.1, 0.15) is 12.4 Å². The molecule has 1 heterocycles. The highest BCUT2D eigenvalue weighted by atomic mass is 35.5. The number of nitrogens with one attached hydrogen (secondary N) is 1. The van der Waals surface area contributed by atoms with Crippen molar-refractivity contribution < 1.29 is 9.53 Å². The molecule has 0 bridgehead atoms. The molecule has 0 fully saturated rings. The van der Waals surface area contributed by atoms with E-state index in [2.05, 4.69) is 15.5 Å². The molecule has 0 radical (unpaired) electrons. The summed E-state index contributed by atoms with van der Waals surface area (Å²) in [5, 5.41) is 12.2. The lowest BCUT2D eigenvalue weighted by atomic mass is 10.2. The van der Waals surface area contributed by atoms with Crippen molar-refractivity contribution in [3.8, 4) is 17.1 Å². The minimum Gasteiger partial charge on any atom is -0.492 e. The van der Waals surface area contributed by atoms with Gasteiger partial charge < -0.3 is 15.9 Å². The lowest BCUT2D eigenvalue weighted by molar-refractivity contribution is -0.118. The van der Waals surface area contributed by atoms with Crippen molar-refractivity contribution >= 4 is 40.9 Å². The van der Waals surface area contributed by atoms with Gasteiger partial charge in [-0.25, -0.2) is 4.68 Å². The van der Waals surface area contributed by atoms with E-state index in [1.165, 1.54) is 16.4 Å². The highest BCUT2D eigenvalue weighted by molar-refractivity contribution is 7.99. The average molecular weight is 438 g/mol. The number of para-hydroxylation sites is 1. The summed E-state index contributed by atoms with van der Waals surface area (Å²) < 4.78 is 6.81. The molecule has 0 atom stereocenters. The van der Waals surface area contributed by atoms with E-state index < -0.39 is 0 Å². The minimum absolute atomic E-state index is 0.143. The van der Waals surface area contributed by atoms with Crippen LogP contribution in [0.5, 0.6) is 5.75 Å². The first-order valence-electron chi connectivity index (χ1n) is 8.28. The van der Waals surface area contributed by atoms with Crippen LogP contribution in [0, 0.1) is 0 Å². The Bertz CT molecular complexity index is 952. The molecule has 0 saturated carbocycles. The van der Waals surface area contributed by atoms with Gasteiger partial charge in [-0.15, -0.1) is 10.2 Å². The Morgan fingerprint density at radius 1 is 1.18 bits per heavy atom. The van der Waals surface area contributed by atoms with Crippen molar-refractivity contribution in [2.75, 3.05) is 24.7 Å². The third-order valence-corrected chi connectivity index (χ3v) is 5.11. The van der Waals surface area contributed by atoms with E-state index in [4.69, 9.17) is 33.8 Å². The zero-order valence-corrected chi connectivity index (χ0v) is 17.0. The molecule has 7 nitrogen and oxygen atoms in total. The SMILES string of the molecule is Nn1c(SCC(=O)NCCOc2ccccc2)nnc1-c1cc(Cl)ccc1Cl. The molecule has 28 heavy (non-hydrogen) atoms. The van der Waals surface area contributed by atoms with Gasteiger partial charge >= 0.3 is 0 Å². The number of nitrogen functional groups attached to an aromatic ring is 1. The van der Waals surface area contributed by atoms with Crippen LogP contribution in [0.3, 0.4) is 0 Å². The predicted octanol–water partition coefficient (Wildman–Crippen LogP) is 3.25. The molecule has 3 aromatic rings. The number of benzene rings is 2. The maximum atomic E-state index is 12.0. The number of amides is 1. The van der Waals surface area contributed by atoms with Crippen LogP contribution in [0.1, 0.15) is 0 Å². The number of nitrogens with two attached hydrogens (primary N) is 1. The number of hydrogen-bond donors (Lipinski definition) is 2. The molecule has 0 saturated heterocycles. The van der Waals surface area contributed by atoms with Gasteiger partial charge in [-0.3, -0.25) is 4.79 Å². The van der Waals surface area contributed by atoms with Crippen molar-refractivity contribution in [2.24, 2.45) is 0 Å². The van der Waals surface area contributed by atoms with Gasteiger partial charge in [-0.05, 0) is 30.3 Å². The summed E-state index contributed by atoms with van der Waals surface area (Å²) in [7, 11) is 0. The molecule has 146 valence electrons. The summed E-state index contributed by atoms with van der Waals surface area (Å²) in [6, 6.07) is 14.4. The van der Waals surface area contributed by atoms with E-state index in [1.54, 1.807) is 18.2 Å². The number of nitrogens with zero attached hydrogens (tertiary/aromatic N) is 3. The monoisotopic (exact) mass is 437 g/mol. The molecule has 0 unspecified atom stereocenters. The first kappa shape index (κ1) is 20.3. The van der Waals surface area contributed by atoms with Gasteiger partial charge in [0.25, 0.3) is 0 Å². The molecular weight excluding hydrogens is 421 g/mol. The van der Waals surface area contributed by atoms with Crippen LogP contribution < -0.4 is 15.9 Å². The second-order valence-electron chi connectivity index (χ2n) is 5.60. The van der Waals surface area contributed by atoms with Gasteiger partial charge in [-0.1, -0.05) is 53.2 Å². The number of thioether (sulfide) groups is 1. The van der Waals surface area contributed by atoms with Gasteiger partial charge in [0.15, 0.2) is 5.82 Å². The number of carbonyl (C=O) groups excluding carboxylic acids is 1. The number of halogens is 2. The number of ether oxygens (including phenoxy) is 1. The first-order valence-corrected chi connectivity index (χ1v) is 10.0. The van der Waals surface area contributed by atoms with Crippen LogP contribution in [-0.4, -0.2) is 39.7 Å². The lowest BCUT2D eigenvalue weighted by Gasteiger charge is -2.08. The fourth-order valence-electron chi connectivity index (χ4n) is 2.29. The van der Waals surface area contributed by atoms with Gasteiger partial charge in [0.05, 0.1) is 17.3 Å². The molecule has 0 aliphatic rings. The average Bonchev–Trinajstić information content (AvgIpc) is 3.06. The van der Waals surface area contributed by atoms with Crippen molar-refractivity contribution in [3.05, 3.63) is 58.6 Å². The van der Waals surface area contributed by atoms with E-state index in [-0.39, 0.29) is 11.7 Å². The lowest BCUT2D eigenvalue weighted by Crippen LogP contribution is -2.29. The fraction of sp³-hybridized carbons (Fsp3) is 0.167. The van der Waals surface area contributed by atoms with E-state index in [0.717, 1.165) is 5.75 Å². The molecule has 10 heteroatoms. The highest BCUT2D eigenvalue weighted by Crippen LogP contribution is 2.30. The highest BCUT2D eigenvalue weighted by Gasteiger charge is 2.16. The van der Waals surface area contributed by atoms with E-state index in [1.807, 2.05) is 30.3 Å². The van der Waals surface area contributed by atoms with E-state index in [9.17, 15) is 4.79 Å². The van der Waals surface area contributed by atoms with Crippen LogP contribution in [-0.2, 0) is 4.79 Å². The summed E-state index contributed by atoms with van der Waals surface area (Å²) in [6.07, 6.45) is 0. The second-order valence-corrected chi connectivity index (χ2v) is 7.39. The maximum absolute atomic E-state index is 12.0. The summed E-state index contributed by atoms with van der Waals surface area (Å²) in [5.41, 5.74) is 0.568. The summed E-state index contributed by atoms with van der Waals surface area (Å²) >= 11 is 13.4. The third-order valence-electron chi connectivity index (χ3n) is 3.60. The van der Waals surface area contributed by atoms with E-state index >= 15 is 0 Å². The Morgan fingerprint density at radius 2 is 1.96 bits per heavy atom. The Morgan fingerprint density at radius 3 is 2.75 bits per heavy atom. The topological polar surface area (TPSA) is 95.1 Å².